The molecule has 2 saturated heterocycles. The first-order valence-electron chi connectivity index (χ1n) is 10.1. The van der Waals surface area contributed by atoms with Crippen molar-refractivity contribution in [3.63, 3.8) is 0 Å². The number of halogens is 4. The van der Waals surface area contributed by atoms with Crippen molar-refractivity contribution in [2.24, 2.45) is 5.92 Å². The number of nitrogens with zero attached hydrogens (tertiary/aromatic N) is 2. The lowest BCUT2D eigenvalue weighted by Gasteiger charge is -2.33. The molecule has 3 rings (SSSR count). The van der Waals surface area contributed by atoms with Crippen molar-refractivity contribution in [2.75, 3.05) is 39.3 Å². The lowest BCUT2D eigenvalue weighted by Crippen LogP contribution is -2.45. The van der Waals surface area contributed by atoms with Crippen LogP contribution in [0.1, 0.15) is 30.4 Å². The monoisotopic (exact) mass is 429 g/mol. The van der Waals surface area contributed by atoms with Crippen LogP contribution in [0.5, 0.6) is 0 Å². The molecule has 0 bridgehead atoms. The Morgan fingerprint density at radius 3 is 2.47 bits per heavy atom. The summed E-state index contributed by atoms with van der Waals surface area (Å²) in [6.45, 7) is 7.05. The highest BCUT2D eigenvalue weighted by Crippen LogP contribution is 2.31. The van der Waals surface area contributed by atoms with Crippen molar-refractivity contribution >= 4 is 11.6 Å². The molecule has 0 aliphatic carbocycles. The van der Waals surface area contributed by atoms with Crippen LogP contribution in [0.4, 0.5) is 17.6 Å². The number of likely N-dealkylation sites (tertiary alicyclic amines) is 2. The fourth-order valence-electron chi connectivity index (χ4n) is 3.93. The van der Waals surface area contributed by atoms with E-state index in [1.807, 2.05) is 9.80 Å². The van der Waals surface area contributed by atoms with Gasteiger partial charge in [-0.05, 0) is 43.4 Å². The van der Waals surface area contributed by atoms with Gasteiger partial charge in [0.15, 0.2) is 0 Å². The molecule has 2 heterocycles. The third kappa shape index (κ3) is 5.95. The van der Waals surface area contributed by atoms with E-state index in [1.165, 1.54) is 0 Å². The second-order valence-electron chi connectivity index (χ2n) is 8.09. The molecule has 0 radical (unpaired) electrons. The van der Waals surface area contributed by atoms with Gasteiger partial charge in [-0.2, -0.15) is 13.2 Å². The number of carbonyl (C=O) groups is 1. The number of aliphatic hydroxyl groups excluding tert-OH is 1. The Kier molecular flexibility index (Phi) is 7.02. The summed E-state index contributed by atoms with van der Waals surface area (Å²) in [7, 11) is 0. The molecule has 5 nitrogen and oxygen atoms in total. The number of hydrogen-bond donors (Lipinski definition) is 2. The van der Waals surface area contributed by atoms with Crippen LogP contribution in [-0.4, -0.2) is 66.2 Å². The first kappa shape index (κ1) is 22.6. The van der Waals surface area contributed by atoms with Crippen LogP contribution in [0, 0.1) is 11.7 Å². The highest BCUT2D eigenvalue weighted by atomic mass is 19.4. The number of piperidine rings is 1. The molecule has 2 aliphatic rings. The van der Waals surface area contributed by atoms with Crippen molar-refractivity contribution in [2.45, 2.75) is 31.5 Å². The van der Waals surface area contributed by atoms with Gasteiger partial charge in [0, 0.05) is 44.0 Å². The number of alkyl halides is 3. The lowest BCUT2D eigenvalue weighted by atomic mass is 9.96. The predicted molar refractivity (Wildman–Crippen MR) is 105 cm³/mol. The van der Waals surface area contributed by atoms with Crippen LogP contribution in [0.15, 0.2) is 24.8 Å². The normalized spacial score (nSPS) is 21.1. The van der Waals surface area contributed by atoms with Gasteiger partial charge in [-0.3, -0.25) is 9.69 Å². The zero-order chi connectivity index (χ0) is 21.9. The van der Waals surface area contributed by atoms with Gasteiger partial charge in [-0.25, -0.2) is 4.39 Å². The summed E-state index contributed by atoms with van der Waals surface area (Å²) in [6.07, 6.45) is -2.74. The minimum absolute atomic E-state index is 0.0550. The second kappa shape index (κ2) is 9.34. The summed E-state index contributed by atoms with van der Waals surface area (Å²) in [5.41, 5.74) is -0.730. The van der Waals surface area contributed by atoms with Gasteiger partial charge in [-0.1, -0.05) is 6.58 Å². The molecule has 9 heteroatoms. The molecular formula is C21H27F4N3O2. The molecule has 1 atom stereocenters. The van der Waals surface area contributed by atoms with E-state index in [1.54, 1.807) is 0 Å². The Labute approximate surface area is 173 Å². The van der Waals surface area contributed by atoms with Crippen molar-refractivity contribution in [3.8, 4) is 0 Å². The Bertz CT molecular complexity index is 776. The van der Waals surface area contributed by atoms with E-state index < -0.39 is 17.6 Å². The molecule has 2 aliphatic heterocycles. The number of nitrogens with one attached hydrogen (secondary N) is 1. The van der Waals surface area contributed by atoms with Crippen LogP contribution in [0.3, 0.4) is 0 Å². The van der Waals surface area contributed by atoms with Crippen LogP contribution in [-0.2, 0) is 11.0 Å². The summed E-state index contributed by atoms with van der Waals surface area (Å²) in [4.78, 5) is 16.2. The zero-order valence-electron chi connectivity index (χ0n) is 16.7. The lowest BCUT2D eigenvalue weighted by molar-refractivity contribution is -0.138. The second-order valence-corrected chi connectivity index (χ2v) is 8.09. The van der Waals surface area contributed by atoms with Gasteiger partial charge in [0.25, 0.3) is 0 Å². The van der Waals surface area contributed by atoms with Gasteiger partial charge < -0.3 is 15.3 Å². The third-order valence-electron chi connectivity index (χ3n) is 5.75. The molecule has 30 heavy (non-hydrogen) atoms. The average Bonchev–Trinajstić information content (AvgIpc) is 3.10. The topological polar surface area (TPSA) is 55.8 Å². The first-order chi connectivity index (χ1) is 14.1. The van der Waals surface area contributed by atoms with E-state index in [0.29, 0.717) is 45.2 Å². The van der Waals surface area contributed by atoms with Gasteiger partial charge in [0.1, 0.15) is 5.82 Å². The van der Waals surface area contributed by atoms with E-state index in [2.05, 4.69) is 11.9 Å². The molecule has 2 fully saturated rings. The summed E-state index contributed by atoms with van der Waals surface area (Å²) in [5.74, 6) is -0.658. The van der Waals surface area contributed by atoms with Crippen LogP contribution < -0.4 is 5.32 Å². The number of hydrogen-bond acceptors (Lipinski definition) is 4. The maximum absolute atomic E-state index is 13.6. The van der Waals surface area contributed by atoms with Crippen LogP contribution in [0.2, 0.25) is 0 Å². The van der Waals surface area contributed by atoms with Crippen molar-refractivity contribution in [1.29, 1.82) is 0 Å². The van der Waals surface area contributed by atoms with E-state index >= 15 is 0 Å². The Morgan fingerprint density at radius 1 is 1.17 bits per heavy atom. The van der Waals surface area contributed by atoms with E-state index in [9.17, 15) is 27.5 Å². The third-order valence-corrected chi connectivity index (χ3v) is 5.75. The SMILES string of the molecule is C=C(NCC1CCN(C(=O)CN2CCC(O)C2)CC1)c1cc(F)cc(C(F)(F)F)c1. The van der Waals surface area contributed by atoms with Gasteiger partial charge in [0.2, 0.25) is 5.91 Å². The fraction of sp³-hybridized carbons (Fsp3) is 0.571. The molecule has 1 amide bonds. The van der Waals surface area contributed by atoms with Gasteiger partial charge in [0.05, 0.1) is 18.2 Å². The molecule has 1 aromatic carbocycles. The quantitative estimate of drug-likeness (QED) is 0.683. The standard InChI is InChI=1S/C21H27F4N3O2/c1-14(16-8-17(21(23,24)25)10-18(22)9-16)26-11-15-2-6-28(7-3-15)20(30)13-27-5-4-19(29)12-27/h8-10,15,19,26,29H,1-7,11-13H2. The van der Waals surface area contributed by atoms with E-state index in [4.69, 9.17) is 0 Å². The molecular weight excluding hydrogens is 402 g/mol. The smallest absolute Gasteiger partial charge is 0.392 e. The fourth-order valence-corrected chi connectivity index (χ4v) is 3.93. The molecule has 1 aromatic rings. The van der Waals surface area contributed by atoms with E-state index in [0.717, 1.165) is 31.5 Å². The minimum atomic E-state index is -4.62. The van der Waals surface area contributed by atoms with Crippen molar-refractivity contribution in [1.82, 2.24) is 15.1 Å². The van der Waals surface area contributed by atoms with Gasteiger partial charge in [-0.15, -0.1) is 0 Å². The summed E-state index contributed by atoms with van der Waals surface area (Å²) in [5, 5.41) is 12.6. The predicted octanol–water partition coefficient (Wildman–Crippen LogP) is 2.71. The highest BCUT2D eigenvalue weighted by Gasteiger charge is 2.32. The molecule has 0 spiro atoms. The summed E-state index contributed by atoms with van der Waals surface area (Å²) < 4.78 is 52.2. The molecule has 0 aromatic heterocycles. The molecule has 2 N–H and O–H groups in total. The summed E-state index contributed by atoms with van der Waals surface area (Å²) in [6, 6.07) is 2.38. The molecule has 1 unspecified atom stereocenters. The Morgan fingerprint density at radius 2 is 1.87 bits per heavy atom. The number of benzene rings is 1. The van der Waals surface area contributed by atoms with Gasteiger partial charge >= 0.3 is 6.18 Å². The zero-order valence-corrected chi connectivity index (χ0v) is 16.7. The number of β-amino-alcohol motifs (C(OH)–C–C–N with tert-alkyl or cyclic N) is 1. The average molecular weight is 429 g/mol. The van der Waals surface area contributed by atoms with Crippen molar-refractivity contribution in [3.05, 3.63) is 41.7 Å². The number of amides is 1. The number of aliphatic hydroxyl groups is 1. The van der Waals surface area contributed by atoms with E-state index in [-0.39, 0.29) is 29.2 Å². The minimum Gasteiger partial charge on any atom is -0.392 e. The molecule has 166 valence electrons. The number of carbonyl (C=O) groups excluding carboxylic acids is 1. The summed E-state index contributed by atoms with van der Waals surface area (Å²) >= 11 is 0. The van der Waals surface area contributed by atoms with Crippen molar-refractivity contribution < 1.29 is 27.5 Å². The largest absolute Gasteiger partial charge is 0.416 e. The highest BCUT2D eigenvalue weighted by molar-refractivity contribution is 5.78. The maximum atomic E-state index is 13.6. The Hall–Kier alpha value is -2.13. The molecule has 0 saturated carbocycles. The Balaban J connectivity index is 1.45. The van der Waals surface area contributed by atoms with Crippen LogP contribution >= 0.6 is 0 Å². The van der Waals surface area contributed by atoms with Crippen LogP contribution in [0.25, 0.3) is 5.70 Å². The number of rotatable bonds is 6. The first-order valence-corrected chi connectivity index (χ1v) is 10.1. The maximum Gasteiger partial charge on any atom is 0.416 e.